The molecule has 2 unspecified atom stereocenters. The number of nitrogens with one attached hydrogen (secondary N) is 1. The topological polar surface area (TPSA) is 45.2 Å². The molecular weight excluding hydrogens is 298 g/mol. The van der Waals surface area contributed by atoms with Crippen LogP contribution in [0.1, 0.15) is 44.5 Å². The van der Waals surface area contributed by atoms with Crippen LogP contribution >= 0.6 is 11.6 Å². The van der Waals surface area contributed by atoms with Crippen molar-refractivity contribution in [2.24, 2.45) is 11.8 Å². The fourth-order valence-electron chi connectivity index (χ4n) is 3.21. The third-order valence-corrected chi connectivity index (χ3v) is 4.60. The molecule has 5 heteroatoms. The van der Waals surface area contributed by atoms with Gasteiger partial charge in [0.1, 0.15) is 5.15 Å². The molecule has 1 aromatic rings. The molecule has 122 valence electrons. The molecule has 2 atom stereocenters. The summed E-state index contributed by atoms with van der Waals surface area (Å²) in [7, 11) is 0. The van der Waals surface area contributed by atoms with Crippen LogP contribution in [0.2, 0.25) is 5.15 Å². The van der Waals surface area contributed by atoms with E-state index in [1.807, 2.05) is 0 Å². The van der Waals surface area contributed by atoms with Gasteiger partial charge in [0, 0.05) is 36.9 Å². The number of rotatable bonds is 4. The zero-order valence-electron chi connectivity index (χ0n) is 13.9. The SMILES string of the molecule is CC1CC(C)CN(C(C)(C)CNC(=O)c2ccnc(Cl)c2)C1. The average molecular weight is 324 g/mol. The first kappa shape index (κ1) is 17.2. The van der Waals surface area contributed by atoms with Crippen LogP contribution in [0.15, 0.2) is 18.3 Å². The standard InChI is InChI=1S/C17H26ClN3O/c1-12-7-13(2)10-21(9-12)17(3,4)11-20-16(22)14-5-6-19-15(18)8-14/h5-6,8,12-13H,7,9-11H2,1-4H3,(H,20,22). The van der Waals surface area contributed by atoms with Gasteiger partial charge in [0.2, 0.25) is 0 Å². The Morgan fingerprint density at radius 2 is 2.05 bits per heavy atom. The first-order valence-electron chi connectivity index (χ1n) is 7.93. The fourth-order valence-corrected chi connectivity index (χ4v) is 3.39. The number of halogens is 1. The molecule has 0 bridgehead atoms. The predicted octanol–water partition coefficient (Wildman–Crippen LogP) is 3.22. The van der Waals surface area contributed by atoms with Crippen LogP contribution in [0.4, 0.5) is 0 Å². The normalized spacial score (nSPS) is 23.3. The predicted molar refractivity (Wildman–Crippen MR) is 90.2 cm³/mol. The van der Waals surface area contributed by atoms with E-state index in [0.29, 0.717) is 29.1 Å². The molecule has 2 heterocycles. The largest absolute Gasteiger partial charge is 0.350 e. The van der Waals surface area contributed by atoms with Gasteiger partial charge < -0.3 is 5.32 Å². The highest BCUT2D eigenvalue weighted by Gasteiger charge is 2.32. The van der Waals surface area contributed by atoms with Crippen molar-refractivity contribution < 1.29 is 4.79 Å². The van der Waals surface area contributed by atoms with E-state index in [1.54, 1.807) is 18.3 Å². The third-order valence-electron chi connectivity index (χ3n) is 4.40. The highest BCUT2D eigenvalue weighted by atomic mass is 35.5. The van der Waals surface area contributed by atoms with Gasteiger partial charge in [0.15, 0.2) is 0 Å². The number of carbonyl (C=O) groups excluding carboxylic acids is 1. The first-order chi connectivity index (χ1) is 10.3. The Morgan fingerprint density at radius 3 is 2.64 bits per heavy atom. The summed E-state index contributed by atoms with van der Waals surface area (Å²) in [6.07, 6.45) is 2.84. The highest BCUT2D eigenvalue weighted by molar-refractivity contribution is 6.29. The Morgan fingerprint density at radius 1 is 1.41 bits per heavy atom. The monoisotopic (exact) mass is 323 g/mol. The van der Waals surface area contributed by atoms with Crippen LogP contribution in [0.25, 0.3) is 0 Å². The van der Waals surface area contributed by atoms with Crippen LogP contribution in [-0.4, -0.2) is 41.0 Å². The summed E-state index contributed by atoms with van der Waals surface area (Å²) in [5, 5.41) is 3.36. The second-order valence-corrected chi connectivity index (χ2v) is 7.60. The zero-order chi connectivity index (χ0) is 16.3. The van der Waals surface area contributed by atoms with E-state index in [2.05, 4.69) is 42.9 Å². The van der Waals surface area contributed by atoms with Gasteiger partial charge in [-0.1, -0.05) is 25.4 Å². The summed E-state index contributed by atoms with van der Waals surface area (Å²) in [5.74, 6) is 1.31. The Balaban J connectivity index is 1.95. The van der Waals surface area contributed by atoms with Crippen LogP contribution in [0, 0.1) is 11.8 Å². The quantitative estimate of drug-likeness (QED) is 0.865. The fraction of sp³-hybridized carbons (Fsp3) is 0.647. The molecule has 1 amide bonds. The maximum Gasteiger partial charge on any atom is 0.251 e. The zero-order valence-corrected chi connectivity index (χ0v) is 14.7. The molecule has 0 radical (unpaired) electrons. The molecule has 1 aliphatic heterocycles. The molecule has 2 rings (SSSR count). The molecule has 0 spiro atoms. The van der Waals surface area contributed by atoms with E-state index in [-0.39, 0.29) is 11.4 Å². The molecule has 22 heavy (non-hydrogen) atoms. The Labute approximate surface area is 138 Å². The van der Waals surface area contributed by atoms with E-state index in [1.165, 1.54) is 6.42 Å². The van der Waals surface area contributed by atoms with E-state index in [0.717, 1.165) is 13.1 Å². The number of amides is 1. The summed E-state index contributed by atoms with van der Waals surface area (Å²) in [6, 6.07) is 3.27. The summed E-state index contributed by atoms with van der Waals surface area (Å²) < 4.78 is 0. The van der Waals surface area contributed by atoms with Gasteiger partial charge in [-0.15, -0.1) is 0 Å². The van der Waals surface area contributed by atoms with E-state index in [9.17, 15) is 4.79 Å². The lowest BCUT2D eigenvalue weighted by Gasteiger charge is -2.45. The molecule has 1 saturated heterocycles. The number of nitrogens with zero attached hydrogens (tertiary/aromatic N) is 2. The van der Waals surface area contributed by atoms with Gasteiger partial charge in [0.05, 0.1) is 0 Å². The lowest BCUT2D eigenvalue weighted by Crippen LogP contribution is -2.56. The van der Waals surface area contributed by atoms with Crippen molar-refractivity contribution in [2.45, 2.75) is 39.7 Å². The second kappa shape index (κ2) is 6.97. The van der Waals surface area contributed by atoms with E-state index < -0.39 is 0 Å². The van der Waals surface area contributed by atoms with Gasteiger partial charge in [-0.05, 0) is 44.2 Å². The van der Waals surface area contributed by atoms with Crippen molar-refractivity contribution in [1.29, 1.82) is 0 Å². The Bertz CT molecular complexity index is 522. The molecule has 1 fully saturated rings. The molecule has 1 aromatic heterocycles. The highest BCUT2D eigenvalue weighted by Crippen LogP contribution is 2.26. The van der Waals surface area contributed by atoms with Crippen molar-refractivity contribution >= 4 is 17.5 Å². The third kappa shape index (κ3) is 4.43. The minimum Gasteiger partial charge on any atom is -0.350 e. The van der Waals surface area contributed by atoms with Gasteiger partial charge in [-0.3, -0.25) is 9.69 Å². The molecule has 1 N–H and O–H groups in total. The van der Waals surface area contributed by atoms with Gasteiger partial charge in [0.25, 0.3) is 5.91 Å². The minimum absolute atomic E-state index is 0.0601. The van der Waals surface area contributed by atoms with Gasteiger partial charge in [-0.2, -0.15) is 0 Å². The number of piperidine rings is 1. The number of hydrogen-bond acceptors (Lipinski definition) is 3. The molecule has 0 saturated carbocycles. The van der Waals surface area contributed by atoms with Crippen molar-refractivity contribution in [3.63, 3.8) is 0 Å². The molecule has 4 nitrogen and oxygen atoms in total. The van der Waals surface area contributed by atoms with Crippen molar-refractivity contribution in [3.05, 3.63) is 29.0 Å². The van der Waals surface area contributed by atoms with Crippen LogP contribution < -0.4 is 5.32 Å². The van der Waals surface area contributed by atoms with Crippen molar-refractivity contribution in [1.82, 2.24) is 15.2 Å². The number of carbonyl (C=O) groups is 1. The number of pyridine rings is 1. The summed E-state index contributed by atoms with van der Waals surface area (Å²) in [6.45, 7) is 11.8. The molecule has 1 aliphatic rings. The molecular formula is C17H26ClN3O. The number of hydrogen-bond donors (Lipinski definition) is 1. The van der Waals surface area contributed by atoms with E-state index in [4.69, 9.17) is 11.6 Å². The molecule has 0 aromatic carbocycles. The van der Waals surface area contributed by atoms with Crippen molar-refractivity contribution in [3.8, 4) is 0 Å². The Kier molecular flexibility index (Phi) is 5.45. The Hall–Kier alpha value is -1.13. The van der Waals surface area contributed by atoms with Gasteiger partial charge >= 0.3 is 0 Å². The van der Waals surface area contributed by atoms with Crippen molar-refractivity contribution in [2.75, 3.05) is 19.6 Å². The van der Waals surface area contributed by atoms with Crippen LogP contribution in [0.3, 0.4) is 0 Å². The summed E-state index contributed by atoms with van der Waals surface area (Å²) >= 11 is 5.83. The van der Waals surface area contributed by atoms with E-state index >= 15 is 0 Å². The average Bonchev–Trinajstić information content (AvgIpc) is 2.44. The number of aromatic nitrogens is 1. The first-order valence-corrected chi connectivity index (χ1v) is 8.30. The molecule has 0 aliphatic carbocycles. The lowest BCUT2D eigenvalue weighted by atomic mass is 9.88. The van der Waals surface area contributed by atoms with Crippen LogP contribution in [-0.2, 0) is 0 Å². The van der Waals surface area contributed by atoms with Gasteiger partial charge in [-0.25, -0.2) is 4.98 Å². The summed E-state index contributed by atoms with van der Waals surface area (Å²) in [5.41, 5.74) is 0.492. The van der Waals surface area contributed by atoms with Crippen LogP contribution in [0.5, 0.6) is 0 Å². The maximum absolute atomic E-state index is 12.2. The second-order valence-electron chi connectivity index (χ2n) is 7.21. The smallest absolute Gasteiger partial charge is 0.251 e. The minimum atomic E-state index is -0.101. The number of likely N-dealkylation sites (tertiary alicyclic amines) is 1. The maximum atomic E-state index is 12.2. The lowest BCUT2D eigenvalue weighted by molar-refractivity contribution is 0.0445. The summed E-state index contributed by atoms with van der Waals surface area (Å²) in [4.78, 5) is 18.6.